The van der Waals surface area contributed by atoms with E-state index in [-0.39, 0.29) is 34.8 Å². The lowest BCUT2D eigenvalue weighted by Gasteiger charge is -2.03. The van der Waals surface area contributed by atoms with Crippen molar-refractivity contribution in [2.24, 2.45) is 0 Å². The Morgan fingerprint density at radius 2 is 1.95 bits per heavy atom. The summed E-state index contributed by atoms with van der Waals surface area (Å²) in [5.41, 5.74) is 0. The van der Waals surface area contributed by atoms with Crippen LogP contribution < -0.4 is 5.32 Å². The third kappa shape index (κ3) is 4.14. The standard InChI is InChI=1S/C14H17N3O4S/c1-10(2)15-13(18)14-16-12(17-21-14)8-9-22(19,20)11-6-4-3-5-7-11/h3-7,10H,8-9H2,1-2H3,(H,15,18). The van der Waals surface area contributed by atoms with Crippen LogP contribution in [-0.4, -0.2) is 36.3 Å². The molecule has 0 aliphatic carbocycles. The molecule has 1 N–H and O–H groups in total. The SMILES string of the molecule is CC(C)NC(=O)c1nc(CCS(=O)(=O)c2ccccc2)no1. The molecule has 2 rings (SSSR count). The second kappa shape index (κ2) is 6.69. The monoisotopic (exact) mass is 323 g/mol. The normalized spacial score (nSPS) is 11.6. The van der Waals surface area contributed by atoms with Crippen molar-refractivity contribution in [3.05, 3.63) is 42.0 Å². The molecule has 22 heavy (non-hydrogen) atoms. The number of rotatable bonds is 6. The molecule has 1 aromatic heterocycles. The molecule has 1 aromatic carbocycles. The van der Waals surface area contributed by atoms with E-state index in [9.17, 15) is 13.2 Å². The van der Waals surface area contributed by atoms with Gasteiger partial charge in [0.2, 0.25) is 0 Å². The van der Waals surface area contributed by atoms with Crippen LogP contribution >= 0.6 is 0 Å². The molecule has 0 aliphatic rings. The Kier molecular flexibility index (Phi) is 4.92. The van der Waals surface area contributed by atoms with Gasteiger partial charge in [-0.2, -0.15) is 4.98 Å². The minimum atomic E-state index is -3.41. The fraction of sp³-hybridized carbons (Fsp3) is 0.357. The molecule has 1 heterocycles. The number of hydrogen-bond acceptors (Lipinski definition) is 6. The average Bonchev–Trinajstić information content (AvgIpc) is 2.95. The molecule has 0 fully saturated rings. The first-order valence-electron chi connectivity index (χ1n) is 6.80. The van der Waals surface area contributed by atoms with E-state index in [0.717, 1.165) is 0 Å². The van der Waals surface area contributed by atoms with Gasteiger partial charge in [0.15, 0.2) is 15.7 Å². The van der Waals surface area contributed by atoms with E-state index in [0.29, 0.717) is 0 Å². The van der Waals surface area contributed by atoms with E-state index in [1.807, 2.05) is 13.8 Å². The largest absolute Gasteiger partial charge is 0.346 e. The molecule has 0 unspecified atom stereocenters. The van der Waals surface area contributed by atoms with Crippen LogP contribution in [0.1, 0.15) is 30.4 Å². The Morgan fingerprint density at radius 3 is 2.59 bits per heavy atom. The van der Waals surface area contributed by atoms with Crippen molar-refractivity contribution in [3.8, 4) is 0 Å². The average molecular weight is 323 g/mol. The number of aryl methyl sites for hydroxylation is 1. The lowest BCUT2D eigenvalue weighted by molar-refractivity contribution is 0.0899. The summed E-state index contributed by atoms with van der Waals surface area (Å²) in [6.07, 6.45) is 0.0791. The number of hydrogen-bond donors (Lipinski definition) is 1. The number of nitrogens with zero attached hydrogens (tertiary/aromatic N) is 2. The Bertz CT molecular complexity index is 738. The third-order valence-corrected chi connectivity index (χ3v) is 4.51. The number of amides is 1. The minimum absolute atomic E-state index is 0.0543. The lowest BCUT2D eigenvalue weighted by atomic mass is 10.4. The van der Waals surface area contributed by atoms with Gasteiger partial charge >= 0.3 is 11.8 Å². The predicted octanol–water partition coefficient (Wildman–Crippen LogP) is 1.22. The zero-order valence-electron chi connectivity index (χ0n) is 12.3. The van der Waals surface area contributed by atoms with Gasteiger partial charge in [0, 0.05) is 12.5 Å². The Labute approximate surface area is 128 Å². The number of aromatic nitrogens is 2. The summed E-state index contributed by atoms with van der Waals surface area (Å²) in [7, 11) is -3.41. The van der Waals surface area contributed by atoms with E-state index in [1.165, 1.54) is 12.1 Å². The molecule has 118 valence electrons. The molecule has 0 atom stereocenters. The van der Waals surface area contributed by atoms with Crippen LogP contribution in [0.25, 0.3) is 0 Å². The van der Waals surface area contributed by atoms with Crippen molar-refractivity contribution in [3.63, 3.8) is 0 Å². The van der Waals surface area contributed by atoms with Crippen LogP contribution in [0.5, 0.6) is 0 Å². The highest BCUT2D eigenvalue weighted by atomic mass is 32.2. The number of nitrogens with one attached hydrogen (secondary N) is 1. The van der Waals surface area contributed by atoms with E-state index < -0.39 is 15.7 Å². The zero-order chi connectivity index (χ0) is 16.2. The van der Waals surface area contributed by atoms with E-state index in [4.69, 9.17) is 4.52 Å². The highest BCUT2D eigenvalue weighted by Crippen LogP contribution is 2.11. The number of sulfone groups is 1. The molecule has 8 heteroatoms. The van der Waals surface area contributed by atoms with Gasteiger partial charge in [-0.1, -0.05) is 23.4 Å². The zero-order valence-corrected chi connectivity index (χ0v) is 13.1. The Hall–Kier alpha value is -2.22. The topological polar surface area (TPSA) is 102 Å². The first-order chi connectivity index (χ1) is 10.4. The maximum Gasteiger partial charge on any atom is 0.315 e. The van der Waals surface area contributed by atoms with Crippen LogP contribution in [0.15, 0.2) is 39.8 Å². The van der Waals surface area contributed by atoms with Gasteiger partial charge in [-0.05, 0) is 26.0 Å². The second-order valence-electron chi connectivity index (χ2n) is 5.03. The van der Waals surface area contributed by atoms with Crippen LogP contribution in [-0.2, 0) is 16.3 Å². The van der Waals surface area contributed by atoms with Gasteiger partial charge in [-0.3, -0.25) is 4.79 Å². The highest BCUT2D eigenvalue weighted by Gasteiger charge is 2.19. The highest BCUT2D eigenvalue weighted by molar-refractivity contribution is 7.91. The smallest absolute Gasteiger partial charge is 0.315 e. The summed E-state index contributed by atoms with van der Waals surface area (Å²) in [4.78, 5) is 15.8. The number of benzene rings is 1. The predicted molar refractivity (Wildman–Crippen MR) is 79.1 cm³/mol. The molecule has 1 amide bonds. The molecular formula is C14H17N3O4S. The summed E-state index contributed by atoms with van der Waals surface area (Å²) in [5.74, 6) is -0.601. The fourth-order valence-corrected chi connectivity index (χ4v) is 3.00. The summed E-state index contributed by atoms with van der Waals surface area (Å²) in [5, 5.41) is 6.25. The molecule has 0 bridgehead atoms. The summed E-state index contributed by atoms with van der Waals surface area (Å²) >= 11 is 0. The van der Waals surface area contributed by atoms with Crippen LogP contribution in [0.4, 0.5) is 0 Å². The molecular weight excluding hydrogens is 306 g/mol. The second-order valence-corrected chi connectivity index (χ2v) is 7.13. The van der Waals surface area contributed by atoms with Crippen molar-refractivity contribution in [2.45, 2.75) is 31.2 Å². The number of carbonyl (C=O) groups is 1. The molecule has 2 aromatic rings. The first-order valence-corrected chi connectivity index (χ1v) is 8.45. The molecule has 0 saturated carbocycles. The molecule has 0 saturated heterocycles. The fourth-order valence-electron chi connectivity index (χ4n) is 1.74. The third-order valence-electron chi connectivity index (χ3n) is 2.78. The first kappa shape index (κ1) is 16.2. The van der Waals surface area contributed by atoms with Crippen molar-refractivity contribution < 1.29 is 17.7 Å². The van der Waals surface area contributed by atoms with Gasteiger partial charge in [-0.15, -0.1) is 0 Å². The van der Waals surface area contributed by atoms with Crippen molar-refractivity contribution in [2.75, 3.05) is 5.75 Å². The molecule has 0 aliphatic heterocycles. The van der Waals surface area contributed by atoms with Crippen molar-refractivity contribution in [1.29, 1.82) is 0 Å². The summed E-state index contributed by atoms with van der Waals surface area (Å²) in [6, 6.07) is 8.09. The molecule has 7 nitrogen and oxygen atoms in total. The maximum atomic E-state index is 12.1. The van der Waals surface area contributed by atoms with Gasteiger partial charge in [0.1, 0.15) is 0 Å². The summed E-state index contributed by atoms with van der Waals surface area (Å²) in [6.45, 7) is 3.61. The van der Waals surface area contributed by atoms with Crippen LogP contribution in [0, 0.1) is 0 Å². The van der Waals surface area contributed by atoms with E-state index >= 15 is 0 Å². The minimum Gasteiger partial charge on any atom is -0.346 e. The van der Waals surface area contributed by atoms with Gasteiger partial charge < -0.3 is 9.84 Å². The molecule has 0 spiro atoms. The Balaban J connectivity index is 2.01. The van der Waals surface area contributed by atoms with Crippen molar-refractivity contribution >= 4 is 15.7 Å². The summed E-state index contributed by atoms with van der Waals surface area (Å²) < 4.78 is 29.1. The van der Waals surface area contributed by atoms with Gasteiger partial charge in [0.25, 0.3) is 0 Å². The lowest BCUT2D eigenvalue weighted by Crippen LogP contribution is -2.30. The Morgan fingerprint density at radius 1 is 1.27 bits per heavy atom. The van der Waals surface area contributed by atoms with Gasteiger partial charge in [0.05, 0.1) is 10.6 Å². The van der Waals surface area contributed by atoms with Gasteiger partial charge in [-0.25, -0.2) is 8.42 Å². The van der Waals surface area contributed by atoms with E-state index in [1.54, 1.807) is 18.2 Å². The van der Waals surface area contributed by atoms with Crippen LogP contribution in [0.2, 0.25) is 0 Å². The van der Waals surface area contributed by atoms with E-state index in [2.05, 4.69) is 15.5 Å². The maximum absolute atomic E-state index is 12.1. The molecule has 0 radical (unpaired) electrons. The number of carbonyl (C=O) groups excluding carboxylic acids is 1. The van der Waals surface area contributed by atoms with Crippen molar-refractivity contribution in [1.82, 2.24) is 15.5 Å². The quantitative estimate of drug-likeness (QED) is 0.857. The van der Waals surface area contributed by atoms with Crippen LogP contribution in [0.3, 0.4) is 0 Å².